The van der Waals surface area contributed by atoms with Gasteiger partial charge in [0.25, 0.3) is 0 Å². The maximum Gasteiger partial charge on any atom is 0.0847 e. The summed E-state index contributed by atoms with van der Waals surface area (Å²) >= 11 is 0. The number of aliphatic hydroxyl groups is 1. The van der Waals surface area contributed by atoms with Crippen LogP contribution in [0.1, 0.15) is 45.1 Å². The van der Waals surface area contributed by atoms with Crippen molar-refractivity contribution in [2.45, 2.75) is 57.3 Å². The molecule has 0 aromatic heterocycles. The van der Waals surface area contributed by atoms with Crippen LogP contribution in [0.5, 0.6) is 0 Å². The lowest BCUT2D eigenvalue weighted by Crippen LogP contribution is -2.51. The molecule has 0 unspecified atom stereocenters. The summed E-state index contributed by atoms with van der Waals surface area (Å²) in [4.78, 5) is 2.53. The first-order valence-electron chi connectivity index (χ1n) is 9.27. The van der Waals surface area contributed by atoms with E-state index < -0.39 is 0 Å². The fourth-order valence-electron chi connectivity index (χ4n) is 4.47. The van der Waals surface area contributed by atoms with Crippen LogP contribution in [0.3, 0.4) is 0 Å². The predicted molar refractivity (Wildman–Crippen MR) is 98.8 cm³/mol. The highest BCUT2D eigenvalue weighted by Crippen LogP contribution is 2.43. The summed E-state index contributed by atoms with van der Waals surface area (Å²) in [5.41, 5.74) is 2.63. The molecule has 1 saturated heterocycles. The van der Waals surface area contributed by atoms with E-state index in [9.17, 15) is 5.11 Å². The third-order valence-electron chi connectivity index (χ3n) is 5.73. The van der Waals surface area contributed by atoms with Gasteiger partial charge in [-0.25, -0.2) is 0 Å². The number of benzene rings is 1. The summed E-state index contributed by atoms with van der Waals surface area (Å²) in [6, 6.07) is 11.0. The van der Waals surface area contributed by atoms with Gasteiger partial charge in [-0.3, -0.25) is 4.90 Å². The molecule has 0 bridgehead atoms. The quantitative estimate of drug-likeness (QED) is 0.893. The zero-order valence-corrected chi connectivity index (χ0v) is 15.2. The second kappa shape index (κ2) is 7.38. The third-order valence-corrected chi connectivity index (χ3v) is 5.73. The Hall–Kier alpha value is -1.16. The Kier molecular flexibility index (Phi) is 5.43. The van der Waals surface area contributed by atoms with E-state index in [0.717, 1.165) is 38.8 Å². The van der Waals surface area contributed by atoms with Crippen LogP contribution in [0.25, 0.3) is 5.57 Å². The first kappa shape index (κ1) is 17.7. The number of aliphatic hydroxyl groups excluding tert-OH is 1. The average Bonchev–Trinajstić information content (AvgIpc) is 2.93. The van der Waals surface area contributed by atoms with Gasteiger partial charge < -0.3 is 9.84 Å². The minimum Gasteiger partial charge on any atom is -0.393 e. The largest absolute Gasteiger partial charge is 0.393 e. The molecule has 3 heteroatoms. The van der Waals surface area contributed by atoms with Crippen LogP contribution in [-0.4, -0.2) is 48.0 Å². The van der Waals surface area contributed by atoms with Gasteiger partial charge in [0.2, 0.25) is 0 Å². The van der Waals surface area contributed by atoms with Crippen molar-refractivity contribution in [3.8, 4) is 0 Å². The van der Waals surface area contributed by atoms with Gasteiger partial charge >= 0.3 is 0 Å². The fourth-order valence-corrected chi connectivity index (χ4v) is 4.47. The van der Waals surface area contributed by atoms with Crippen LogP contribution in [0.15, 0.2) is 36.4 Å². The normalized spacial score (nSPS) is 31.5. The first-order valence-corrected chi connectivity index (χ1v) is 9.27. The van der Waals surface area contributed by atoms with Crippen molar-refractivity contribution in [3.63, 3.8) is 0 Å². The smallest absolute Gasteiger partial charge is 0.0847 e. The molecule has 1 N–H and O–H groups in total. The van der Waals surface area contributed by atoms with E-state index in [4.69, 9.17) is 4.74 Å². The van der Waals surface area contributed by atoms with Crippen LogP contribution in [0.4, 0.5) is 0 Å². The topological polar surface area (TPSA) is 32.7 Å². The number of hydrogen-bond donors (Lipinski definition) is 1. The standard InChI is InChI=1S/C21H31NO2/c1-16(2)13-18(17-7-5-4-6-8-17)15-22-12-11-21(24-3)10-9-19(23)14-20(21)22/h4-8,13,16,19-20,23H,9-12,14-15H2,1-3H3/t19-,20-,21+/m0/s1. The lowest BCUT2D eigenvalue weighted by atomic mass is 9.79. The number of likely N-dealkylation sites (tertiary alicyclic amines) is 1. The van der Waals surface area contributed by atoms with Crippen molar-refractivity contribution in [2.24, 2.45) is 5.92 Å². The average molecular weight is 329 g/mol. The highest BCUT2D eigenvalue weighted by molar-refractivity contribution is 5.67. The van der Waals surface area contributed by atoms with E-state index in [1.54, 1.807) is 0 Å². The molecule has 2 fully saturated rings. The summed E-state index contributed by atoms with van der Waals surface area (Å²) in [6.45, 7) is 6.45. The van der Waals surface area contributed by atoms with Gasteiger partial charge in [0.1, 0.15) is 0 Å². The van der Waals surface area contributed by atoms with Crippen molar-refractivity contribution in [2.75, 3.05) is 20.2 Å². The molecule has 3 rings (SSSR count). The molecule has 132 valence electrons. The Morgan fingerprint density at radius 2 is 2.08 bits per heavy atom. The van der Waals surface area contributed by atoms with Gasteiger partial charge in [-0.05, 0) is 42.7 Å². The van der Waals surface area contributed by atoms with Gasteiger partial charge in [0, 0.05) is 26.2 Å². The summed E-state index contributed by atoms with van der Waals surface area (Å²) < 4.78 is 5.98. The van der Waals surface area contributed by atoms with Crippen LogP contribution in [0.2, 0.25) is 0 Å². The lowest BCUT2D eigenvalue weighted by molar-refractivity contribution is -0.0852. The molecule has 1 heterocycles. The molecule has 1 aromatic carbocycles. The Morgan fingerprint density at radius 1 is 1.33 bits per heavy atom. The number of allylic oxidation sites excluding steroid dienone is 1. The highest BCUT2D eigenvalue weighted by atomic mass is 16.5. The fraction of sp³-hybridized carbons (Fsp3) is 0.619. The molecule has 0 radical (unpaired) electrons. The lowest BCUT2D eigenvalue weighted by Gasteiger charge is -2.42. The molecule has 1 saturated carbocycles. The number of rotatable bonds is 5. The van der Waals surface area contributed by atoms with Crippen molar-refractivity contribution < 1.29 is 9.84 Å². The maximum absolute atomic E-state index is 10.2. The van der Waals surface area contributed by atoms with Crippen LogP contribution in [0, 0.1) is 5.92 Å². The Morgan fingerprint density at radius 3 is 2.75 bits per heavy atom. The zero-order chi connectivity index (χ0) is 17.2. The molecule has 1 aromatic rings. The molecule has 0 spiro atoms. The summed E-state index contributed by atoms with van der Waals surface area (Å²) in [7, 11) is 1.84. The zero-order valence-electron chi connectivity index (χ0n) is 15.2. The number of ether oxygens (including phenoxy) is 1. The number of hydrogen-bond acceptors (Lipinski definition) is 3. The first-order chi connectivity index (χ1) is 11.5. The van der Waals surface area contributed by atoms with Crippen molar-refractivity contribution in [1.29, 1.82) is 0 Å². The van der Waals surface area contributed by atoms with Crippen molar-refractivity contribution in [3.05, 3.63) is 42.0 Å². The summed E-state index contributed by atoms with van der Waals surface area (Å²) in [6.07, 6.45) is 5.93. The van der Waals surface area contributed by atoms with E-state index in [-0.39, 0.29) is 11.7 Å². The van der Waals surface area contributed by atoms with Gasteiger partial charge in [-0.2, -0.15) is 0 Å². The molecule has 24 heavy (non-hydrogen) atoms. The van der Waals surface area contributed by atoms with E-state index in [1.165, 1.54) is 11.1 Å². The van der Waals surface area contributed by atoms with Gasteiger partial charge in [-0.15, -0.1) is 0 Å². The second-order valence-electron chi connectivity index (χ2n) is 7.74. The van der Waals surface area contributed by atoms with Crippen LogP contribution < -0.4 is 0 Å². The van der Waals surface area contributed by atoms with E-state index in [2.05, 4.69) is 55.2 Å². The molecule has 2 aliphatic rings. The molecule has 3 atom stereocenters. The summed E-state index contributed by atoms with van der Waals surface area (Å²) in [5.74, 6) is 0.520. The minimum atomic E-state index is -0.187. The van der Waals surface area contributed by atoms with Crippen LogP contribution >= 0.6 is 0 Å². The Balaban J connectivity index is 1.82. The van der Waals surface area contributed by atoms with Gasteiger partial charge in [0.05, 0.1) is 11.7 Å². The monoisotopic (exact) mass is 329 g/mol. The third kappa shape index (κ3) is 3.58. The molecular weight excluding hydrogens is 298 g/mol. The highest BCUT2D eigenvalue weighted by Gasteiger charge is 2.50. The number of nitrogens with zero attached hydrogens (tertiary/aromatic N) is 1. The Bertz CT molecular complexity index is 568. The SMILES string of the molecule is CO[C@@]12CC[C@H](O)C[C@@H]1N(CC(=CC(C)C)c1ccccc1)CC2. The van der Waals surface area contributed by atoms with Crippen LogP contribution in [-0.2, 0) is 4.74 Å². The van der Waals surface area contributed by atoms with E-state index in [0.29, 0.717) is 12.0 Å². The molecular formula is C21H31NO2. The van der Waals surface area contributed by atoms with Gasteiger partial charge in [-0.1, -0.05) is 50.3 Å². The van der Waals surface area contributed by atoms with E-state index >= 15 is 0 Å². The predicted octanol–water partition coefficient (Wildman–Crippen LogP) is 3.73. The summed E-state index contributed by atoms with van der Waals surface area (Å²) in [5, 5.41) is 10.2. The second-order valence-corrected chi connectivity index (χ2v) is 7.74. The number of methoxy groups -OCH3 is 1. The molecule has 0 amide bonds. The van der Waals surface area contributed by atoms with Crippen molar-refractivity contribution >= 4 is 5.57 Å². The van der Waals surface area contributed by atoms with E-state index in [1.807, 2.05) is 7.11 Å². The van der Waals surface area contributed by atoms with Gasteiger partial charge in [0.15, 0.2) is 0 Å². The van der Waals surface area contributed by atoms with Crippen molar-refractivity contribution in [1.82, 2.24) is 4.90 Å². The number of fused-ring (bicyclic) bond motifs is 1. The minimum absolute atomic E-state index is 0.0567. The molecule has 3 nitrogen and oxygen atoms in total. The maximum atomic E-state index is 10.2. The Labute approximate surface area is 146 Å². The molecule has 1 aliphatic carbocycles. The molecule has 1 aliphatic heterocycles.